The first-order chi connectivity index (χ1) is 8.67. The average Bonchev–Trinajstić information content (AvgIpc) is 2.32. The van der Waals surface area contributed by atoms with Crippen molar-refractivity contribution in [1.82, 2.24) is 4.98 Å². The molecule has 0 radical (unpaired) electrons. The van der Waals surface area contributed by atoms with Gasteiger partial charge < -0.3 is 9.47 Å². The first-order valence-electron chi connectivity index (χ1n) is 6.11. The summed E-state index contributed by atoms with van der Waals surface area (Å²) in [5.74, 6) is 0.249. The van der Waals surface area contributed by atoms with Crippen LogP contribution in [0.4, 0.5) is 0 Å². The van der Waals surface area contributed by atoms with Crippen molar-refractivity contribution < 1.29 is 14.3 Å². The molecule has 0 bridgehead atoms. The number of halogens is 1. The lowest BCUT2D eigenvalue weighted by Crippen LogP contribution is -2.09. The zero-order chi connectivity index (χ0) is 13.4. The minimum Gasteiger partial charge on any atom is -0.490 e. The number of unbranched alkanes of at least 4 members (excludes halogenated alkanes) is 1. The maximum Gasteiger partial charge on any atom is 0.311 e. The van der Waals surface area contributed by atoms with Gasteiger partial charge in [0.15, 0.2) is 10.9 Å². The third-order valence-electron chi connectivity index (χ3n) is 2.26. The number of rotatable bonds is 7. The second-order valence-corrected chi connectivity index (χ2v) is 4.13. The van der Waals surface area contributed by atoms with Gasteiger partial charge >= 0.3 is 5.97 Å². The van der Waals surface area contributed by atoms with E-state index < -0.39 is 0 Å². The van der Waals surface area contributed by atoms with Gasteiger partial charge in [0.25, 0.3) is 0 Å². The SMILES string of the molecule is CCCCOc1ccc(CC(=O)OCC)nc1Cl. The molecule has 0 amide bonds. The first-order valence-corrected chi connectivity index (χ1v) is 6.49. The van der Waals surface area contributed by atoms with Crippen LogP contribution in [0.3, 0.4) is 0 Å². The van der Waals surface area contributed by atoms with E-state index in [1.165, 1.54) is 0 Å². The molecule has 0 N–H and O–H groups in total. The summed E-state index contributed by atoms with van der Waals surface area (Å²) in [5, 5.41) is 0.285. The van der Waals surface area contributed by atoms with Crippen LogP contribution >= 0.6 is 11.6 Å². The minimum absolute atomic E-state index is 0.128. The van der Waals surface area contributed by atoms with Gasteiger partial charge in [0, 0.05) is 0 Å². The molecule has 1 rings (SSSR count). The molecule has 0 saturated heterocycles. The van der Waals surface area contributed by atoms with Crippen molar-refractivity contribution in [2.75, 3.05) is 13.2 Å². The maximum atomic E-state index is 11.3. The Morgan fingerprint density at radius 1 is 1.39 bits per heavy atom. The molecule has 5 heteroatoms. The van der Waals surface area contributed by atoms with E-state index in [1.807, 2.05) is 0 Å². The van der Waals surface area contributed by atoms with Gasteiger partial charge in [0.2, 0.25) is 0 Å². The molecule has 0 saturated carbocycles. The van der Waals surface area contributed by atoms with E-state index in [1.54, 1.807) is 19.1 Å². The standard InChI is InChI=1S/C13H18ClNO3/c1-3-5-8-18-11-7-6-10(15-13(11)14)9-12(16)17-4-2/h6-7H,3-5,8-9H2,1-2H3. The van der Waals surface area contributed by atoms with E-state index in [-0.39, 0.29) is 17.5 Å². The largest absolute Gasteiger partial charge is 0.490 e. The lowest BCUT2D eigenvalue weighted by Gasteiger charge is -2.08. The molecule has 0 spiro atoms. The van der Waals surface area contributed by atoms with Crippen molar-refractivity contribution in [3.8, 4) is 5.75 Å². The molecule has 1 heterocycles. The van der Waals surface area contributed by atoms with E-state index in [0.717, 1.165) is 12.8 Å². The third-order valence-corrected chi connectivity index (χ3v) is 2.53. The summed E-state index contributed by atoms with van der Waals surface area (Å²) in [4.78, 5) is 15.4. The number of pyridine rings is 1. The van der Waals surface area contributed by atoms with Gasteiger partial charge in [-0.15, -0.1) is 0 Å². The van der Waals surface area contributed by atoms with Crippen LogP contribution in [-0.2, 0) is 16.0 Å². The number of hydrogen-bond acceptors (Lipinski definition) is 4. The summed E-state index contributed by atoms with van der Waals surface area (Å²) in [6, 6.07) is 3.46. The molecule has 0 aliphatic carbocycles. The maximum absolute atomic E-state index is 11.3. The summed E-state index contributed by atoms with van der Waals surface area (Å²) >= 11 is 5.98. The minimum atomic E-state index is -0.305. The highest BCUT2D eigenvalue weighted by Crippen LogP contribution is 2.22. The molecule has 1 aromatic rings. The summed E-state index contributed by atoms with van der Waals surface area (Å²) in [5.41, 5.74) is 0.585. The summed E-state index contributed by atoms with van der Waals surface area (Å²) in [6.07, 6.45) is 2.16. The second-order valence-electron chi connectivity index (χ2n) is 3.78. The van der Waals surface area contributed by atoms with Crippen molar-refractivity contribution in [3.05, 3.63) is 23.0 Å². The Balaban J connectivity index is 2.58. The lowest BCUT2D eigenvalue weighted by molar-refractivity contribution is -0.142. The number of hydrogen-bond donors (Lipinski definition) is 0. The van der Waals surface area contributed by atoms with Crippen molar-refractivity contribution in [2.24, 2.45) is 0 Å². The molecule has 0 aromatic carbocycles. The highest BCUT2D eigenvalue weighted by molar-refractivity contribution is 6.30. The normalized spacial score (nSPS) is 10.2. The second kappa shape index (κ2) is 7.93. The number of nitrogens with zero attached hydrogens (tertiary/aromatic N) is 1. The molecule has 0 unspecified atom stereocenters. The fourth-order valence-corrected chi connectivity index (χ4v) is 1.58. The van der Waals surface area contributed by atoms with Crippen LogP contribution < -0.4 is 4.74 Å². The number of ether oxygens (including phenoxy) is 2. The van der Waals surface area contributed by atoms with Crippen molar-refractivity contribution >= 4 is 17.6 Å². The van der Waals surface area contributed by atoms with Crippen LogP contribution in [0, 0.1) is 0 Å². The average molecular weight is 272 g/mol. The van der Waals surface area contributed by atoms with Crippen LogP contribution in [-0.4, -0.2) is 24.2 Å². The van der Waals surface area contributed by atoms with Crippen LogP contribution in [0.1, 0.15) is 32.4 Å². The predicted molar refractivity (Wildman–Crippen MR) is 70.0 cm³/mol. The van der Waals surface area contributed by atoms with Gasteiger partial charge in [0.05, 0.1) is 25.3 Å². The Morgan fingerprint density at radius 3 is 2.78 bits per heavy atom. The van der Waals surface area contributed by atoms with Gasteiger partial charge in [-0.25, -0.2) is 4.98 Å². The zero-order valence-electron chi connectivity index (χ0n) is 10.7. The molecule has 1 aromatic heterocycles. The van der Waals surface area contributed by atoms with Crippen LogP contribution in [0.2, 0.25) is 5.15 Å². The smallest absolute Gasteiger partial charge is 0.311 e. The third kappa shape index (κ3) is 4.92. The van der Waals surface area contributed by atoms with Crippen molar-refractivity contribution in [2.45, 2.75) is 33.1 Å². The Hall–Kier alpha value is -1.29. The number of carbonyl (C=O) groups is 1. The number of aromatic nitrogens is 1. The molecule has 0 atom stereocenters. The van der Waals surface area contributed by atoms with E-state index in [2.05, 4.69) is 11.9 Å². The van der Waals surface area contributed by atoms with Crippen molar-refractivity contribution in [3.63, 3.8) is 0 Å². The molecule has 0 aliphatic rings. The van der Waals surface area contributed by atoms with E-state index in [9.17, 15) is 4.79 Å². The predicted octanol–water partition coefficient (Wildman–Crippen LogP) is 3.02. The lowest BCUT2D eigenvalue weighted by atomic mass is 10.2. The molecular formula is C13H18ClNO3. The van der Waals surface area contributed by atoms with Gasteiger partial charge in [0.1, 0.15) is 0 Å². The summed E-state index contributed by atoms with van der Waals surface area (Å²) in [6.45, 7) is 4.84. The molecule has 18 heavy (non-hydrogen) atoms. The van der Waals surface area contributed by atoms with E-state index in [4.69, 9.17) is 21.1 Å². The highest BCUT2D eigenvalue weighted by Gasteiger charge is 2.09. The topological polar surface area (TPSA) is 48.4 Å². The Kier molecular flexibility index (Phi) is 6.50. The quantitative estimate of drug-likeness (QED) is 0.434. The van der Waals surface area contributed by atoms with Gasteiger partial charge in [-0.05, 0) is 25.5 Å². The number of esters is 1. The van der Waals surface area contributed by atoms with Crippen LogP contribution in [0.5, 0.6) is 5.75 Å². The van der Waals surface area contributed by atoms with E-state index >= 15 is 0 Å². The van der Waals surface area contributed by atoms with Gasteiger partial charge in [-0.3, -0.25) is 4.79 Å². The Labute approximate surface area is 112 Å². The van der Waals surface area contributed by atoms with Gasteiger partial charge in [-0.2, -0.15) is 0 Å². The fraction of sp³-hybridized carbons (Fsp3) is 0.538. The van der Waals surface area contributed by atoms with Crippen LogP contribution in [0.25, 0.3) is 0 Å². The van der Waals surface area contributed by atoms with E-state index in [0.29, 0.717) is 24.7 Å². The fourth-order valence-electron chi connectivity index (χ4n) is 1.35. The highest BCUT2D eigenvalue weighted by atomic mass is 35.5. The number of carbonyl (C=O) groups excluding carboxylic acids is 1. The first kappa shape index (κ1) is 14.8. The zero-order valence-corrected chi connectivity index (χ0v) is 11.5. The Bertz CT molecular complexity index is 396. The van der Waals surface area contributed by atoms with Crippen LogP contribution in [0.15, 0.2) is 12.1 Å². The molecule has 100 valence electrons. The molecule has 4 nitrogen and oxygen atoms in total. The molecule has 0 aliphatic heterocycles. The Morgan fingerprint density at radius 2 is 2.17 bits per heavy atom. The molecular weight excluding hydrogens is 254 g/mol. The summed E-state index contributed by atoms with van der Waals surface area (Å²) in [7, 11) is 0. The van der Waals surface area contributed by atoms with Gasteiger partial charge in [-0.1, -0.05) is 24.9 Å². The summed E-state index contributed by atoms with van der Waals surface area (Å²) < 4.78 is 10.3. The molecule has 0 fully saturated rings. The van der Waals surface area contributed by atoms with Crippen molar-refractivity contribution in [1.29, 1.82) is 0 Å². The monoisotopic (exact) mass is 271 g/mol.